The van der Waals surface area contributed by atoms with E-state index in [0.717, 1.165) is 25.9 Å². The average Bonchev–Trinajstić information content (AvgIpc) is 2.74. The highest BCUT2D eigenvalue weighted by molar-refractivity contribution is 6.04. The van der Waals surface area contributed by atoms with Gasteiger partial charge in [-0.05, 0) is 17.5 Å². The predicted molar refractivity (Wildman–Crippen MR) is 79.7 cm³/mol. The van der Waals surface area contributed by atoms with Crippen LogP contribution >= 0.6 is 0 Å². The van der Waals surface area contributed by atoms with E-state index in [4.69, 9.17) is 0 Å². The minimum absolute atomic E-state index is 0.163. The van der Waals surface area contributed by atoms with Gasteiger partial charge in [0.15, 0.2) is 0 Å². The molecule has 1 unspecified atom stereocenters. The van der Waals surface area contributed by atoms with Crippen LogP contribution in [0.15, 0.2) is 24.3 Å². The number of carbonyl (C=O) groups is 2. The lowest BCUT2D eigenvalue weighted by Gasteiger charge is -2.35. The van der Waals surface area contributed by atoms with Gasteiger partial charge >= 0.3 is 6.03 Å². The molecule has 0 spiro atoms. The predicted octanol–water partition coefficient (Wildman–Crippen LogP) is 1.38. The number of piperazine rings is 1. The molecule has 0 aromatic heterocycles. The third-order valence-corrected chi connectivity index (χ3v) is 4.19. The van der Waals surface area contributed by atoms with Gasteiger partial charge in [-0.3, -0.25) is 15.0 Å². The number of fused-ring (bicyclic) bond motifs is 1. The number of aryl methyl sites for hydroxylation is 1. The van der Waals surface area contributed by atoms with Gasteiger partial charge in [0, 0.05) is 26.2 Å². The number of hydrogen-bond acceptors (Lipinski definition) is 3. The summed E-state index contributed by atoms with van der Waals surface area (Å²) in [6, 6.07) is 8.08. The van der Waals surface area contributed by atoms with E-state index in [1.54, 1.807) is 4.90 Å². The highest BCUT2D eigenvalue weighted by atomic mass is 16.2. The van der Waals surface area contributed by atoms with Crippen LogP contribution in [0.25, 0.3) is 0 Å². The van der Waals surface area contributed by atoms with Crippen LogP contribution < -0.4 is 5.32 Å². The Balaban J connectivity index is 1.65. The third-order valence-electron chi connectivity index (χ3n) is 4.19. The molecule has 1 aromatic carbocycles. The van der Waals surface area contributed by atoms with E-state index in [0.29, 0.717) is 13.1 Å². The van der Waals surface area contributed by atoms with Crippen LogP contribution in [-0.2, 0) is 17.8 Å². The van der Waals surface area contributed by atoms with Crippen LogP contribution in [0.5, 0.6) is 0 Å². The fourth-order valence-corrected chi connectivity index (χ4v) is 3.14. The van der Waals surface area contributed by atoms with E-state index < -0.39 is 0 Å². The fraction of sp³-hybridized carbons (Fsp3) is 0.500. The monoisotopic (exact) mass is 287 g/mol. The van der Waals surface area contributed by atoms with Gasteiger partial charge in [0.1, 0.15) is 6.04 Å². The van der Waals surface area contributed by atoms with E-state index in [9.17, 15) is 9.59 Å². The summed E-state index contributed by atoms with van der Waals surface area (Å²) in [5.41, 5.74) is 2.64. The Morgan fingerprint density at radius 1 is 1.24 bits per heavy atom. The maximum atomic E-state index is 11.8. The Kier molecular flexibility index (Phi) is 3.92. The van der Waals surface area contributed by atoms with E-state index in [1.807, 2.05) is 0 Å². The number of carbonyl (C=O) groups excluding carboxylic acids is 2. The second kappa shape index (κ2) is 5.85. The molecular weight excluding hydrogens is 266 g/mol. The maximum absolute atomic E-state index is 11.8. The molecular formula is C16H21N3O2. The fourth-order valence-electron chi connectivity index (χ4n) is 3.14. The second-order valence-corrected chi connectivity index (χ2v) is 5.81. The molecule has 2 saturated heterocycles. The average molecular weight is 287 g/mol. The van der Waals surface area contributed by atoms with Crippen molar-refractivity contribution in [3.8, 4) is 0 Å². The van der Waals surface area contributed by atoms with Gasteiger partial charge in [-0.25, -0.2) is 4.79 Å². The lowest BCUT2D eigenvalue weighted by Crippen LogP contribution is -2.52. The van der Waals surface area contributed by atoms with Crippen molar-refractivity contribution < 1.29 is 9.59 Å². The number of benzene rings is 1. The van der Waals surface area contributed by atoms with E-state index in [-0.39, 0.29) is 18.0 Å². The highest BCUT2D eigenvalue weighted by Gasteiger charge is 2.41. The second-order valence-electron chi connectivity index (χ2n) is 5.81. The van der Waals surface area contributed by atoms with Crippen LogP contribution in [0.3, 0.4) is 0 Å². The van der Waals surface area contributed by atoms with Crippen LogP contribution in [0.2, 0.25) is 0 Å². The van der Waals surface area contributed by atoms with Gasteiger partial charge in [0.05, 0.1) is 0 Å². The third kappa shape index (κ3) is 2.93. The number of hydrogen-bond donors (Lipinski definition) is 1. The summed E-state index contributed by atoms with van der Waals surface area (Å²) in [4.78, 5) is 27.2. The molecule has 1 N–H and O–H groups in total. The zero-order valence-electron chi connectivity index (χ0n) is 12.3. The summed E-state index contributed by atoms with van der Waals surface area (Å²) in [5, 5.41) is 2.39. The van der Waals surface area contributed by atoms with Crippen molar-refractivity contribution in [1.82, 2.24) is 15.1 Å². The van der Waals surface area contributed by atoms with Gasteiger partial charge in [-0.15, -0.1) is 0 Å². The lowest BCUT2D eigenvalue weighted by molar-refractivity contribution is -0.122. The van der Waals surface area contributed by atoms with Gasteiger partial charge in [-0.1, -0.05) is 37.6 Å². The Bertz CT molecular complexity index is 558. The summed E-state index contributed by atoms with van der Waals surface area (Å²) < 4.78 is 0. The molecule has 5 nitrogen and oxygen atoms in total. The minimum Gasteiger partial charge on any atom is -0.310 e. The molecule has 0 radical (unpaired) electrons. The molecule has 0 saturated carbocycles. The Morgan fingerprint density at radius 2 is 2.05 bits per heavy atom. The van der Waals surface area contributed by atoms with Gasteiger partial charge in [-0.2, -0.15) is 0 Å². The largest absolute Gasteiger partial charge is 0.324 e. The molecule has 3 amide bonds. The van der Waals surface area contributed by atoms with Gasteiger partial charge < -0.3 is 4.90 Å². The standard InChI is InChI=1S/C16H21N3O2/c1-2-4-12-5-3-6-13(9-12)10-18-7-8-19-14(11-18)15(20)17-16(19)21/h3,5-6,9,14H,2,4,7-8,10-11H2,1H3,(H,17,20,21). The molecule has 1 atom stereocenters. The molecule has 5 heteroatoms. The van der Waals surface area contributed by atoms with Crippen LogP contribution in [0, 0.1) is 0 Å². The van der Waals surface area contributed by atoms with Crippen molar-refractivity contribution in [1.29, 1.82) is 0 Å². The van der Waals surface area contributed by atoms with Crippen LogP contribution in [0.4, 0.5) is 4.79 Å². The Morgan fingerprint density at radius 3 is 2.86 bits per heavy atom. The van der Waals surface area contributed by atoms with E-state index in [2.05, 4.69) is 41.4 Å². The molecule has 2 fully saturated rings. The maximum Gasteiger partial charge on any atom is 0.324 e. The number of urea groups is 1. The van der Waals surface area contributed by atoms with Gasteiger partial charge in [0.25, 0.3) is 5.91 Å². The topological polar surface area (TPSA) is 52.6 Å². The molecule has 2 aliphatic rings. The molecule has 1 aromatic rings. The minimum atomic E-state index is -0.315. The van der Waals surface area contributed by atoms with Gasteiger partial charge in [0.2, 0.25) is 0 Å². The summed E-state index contributed by atoms with van der Waals surface area (Å²) in [6.45, 7) is 5.08. The first-order valence-electron chi connectivity index (χ1n) is 7.59. The SMILES string of the molecule is CCCc1cccc(CN2CCN3C(=O)NC(=O)C3C2)c1. The van der Waals surface area contributed by atoms with Crippen molar-refractivity contribution in [2.75, 3.05) is 19.6 Å². The Hall–Kier alpha value is -1.88. The van der Waals surface area contributed by atoms with Crippen LogP contribution in [-0.4, -0.2) is 47.4 Å². The lowest BCUT2D eigenvalue weighted by atomic mass is 10.1. The zero-order chi connectivity index (χ0) is 14.8. The molecule has 0 bridgehead atoms. The van der Waals surface area contributed by atoms with Crippen molar-refractivity contribution >= 4 is 11.9 Å². The summed E-state index contributed by atoms with van der Waals surface area (Å²) in [7, 11) is 0. The Labute approximate surface area is 124 Å². The molecule has 21 heavy (non-hydrogen) atoms. The van der Waals surface area contributed by atoms with Crippen molar-refractivity contribution in [2.45, 2.75) is 32.4 Å². The zero-order valence-corrected chi connectivity index (χ0v) is 12.3. The number of nitrogens with zero attached hydrogens (tertiary/aromatic N) is 2. The van der Waals surface area contributed by atoms with E-state index >= 15 is 0 Å². The molecule has 2 heterocycles. The number of nitrogens with one attached hydrogen (secondary N) is 1. The molecule has 3 rings (SSSR count). The summed E-state index contributed by atoms with van der Waals surface area (Å²) >= 11 is 0. The quantitative estimate of drug-likeness (QED) is 0.851. The molecule has 2 aliphatic heterocycles. The molecule has 112 valence electrons. The van der Waals surface area contributed by atoms with E-state index in [1.165, 1.54) is 11.1 Å². The number of rotatable bonds is 4. The highest BCUT2D eigenvalue weighted by Crippen LogP contribution is 2.18. The first-order valence-corrected chi connectivity index (χ1v) is 7.59. The van der Waals surface area contributed by atoms with Crippen LogP contribution in [0.1, 0.15) is 24.5 Å². The van der Waals surface area contributed by atoms with Crippen molar-refractivity contribution in [3.63, 3.8) is 0 Å². The summed E-state index contributed by atoms with van der Waals surface area (Å²) in [6.07, 6.45) is 2.24. The number of imide groups is 1. The molecule has 0 aliphatic carbocycles. The first kappa shape index (κ1) is 14.1. The first-order chi connectivity index (χ1) is 10.2. The summed E-state index contributed by atoms with van der Waals surface area (Å²) in [5.74, 6) is -0.163. The normalized spacial score (nSPS) is 22.3. The van der Waals surface area contributed by atoms with Crippen molar-refractivity contribution in [2.24, 2.45) is 0 Å². The smallest absolute Gasteiger partial charge is 0.310 e. The van der Waals surface area contributed by atoms with Crippen molar-refractivity contribution in [3.05, 3.63) is 35.4 Å². The number of amides is 3.